The highest BCUT2D eigenvalue weighted by molar-refractivity contribution is 7.99. The van der Waals surface area contributed by atoms with E-state index in [0.717, 1.165) is 15.8 Å². The van der Waals surface area contributed by atoms with Crippen LogP contribution in [0.3, 0.4) is 0 Å². The topological polar surface area (TPSA) is 59.4 Å². The van der Waals surface area contributed by atoms with Crippen LogP contribution in [-0.4, -0.2) is 35.5 Å². The number of hydrogen-bond acceptors (Lipinski definition) is 4. The average molecular weight is 263 g/mol. The Bertz CT molecular complexity index is 571. The lowest BCUT2D eigenvalue weighted by Gasteiger charge is -2.09. The molecule has 0 unspecified atom stereocenters. The van der Waals surface area contributed by atoms with Gasteiger partial charge in [-0.1, -0.05) is 18.2 Å². The molecule has 5 heteroatoms. The van der Waals surface area contributed by atoms with Crippen molar-refractivity contribution in [2.75, 3.05) is 19.5 Å². The quantitative estimate of drug-likeness (QED) is 0.664. The standard InChI is InChI=1S/C13H13NO3S/c1-17-6-7-18-12-9-4-2-3-5-11(9)14-8-10(12)13(15)16/h2-5,8H,6-7H2,1H3,(H,15,16). The van der Waals surface area contributed by atoms with E-state index < -0.39 is 5.97 Å². The molecule has 2 rings (SSSR count). The molecule has 0 bridgehead atoms. The lowest BCUT2D eigenvalue weighted by atomic mass is 10.1. The molecule has 1 aromatic heterocycles. The van der Waals surface area contributed by atoms with E-state index >= 15 is 0 Å². The van der Waals surface area contributed by atoms with Crippen molar-refractivity contribution in [3.8, 4) is 0 Å². The number of carbonyl (C=O) groups is 1. The fourth-order valence-electron chi connectivity index (χ4n) is 1.65. The van der Waals surface area contributed by atoms with Gasteiger partial charge in [-0.15, -0.1) is 11.8 Å². The molecular formula is C13H13NO3S. The van der Waals surface area contributed by atoms with Crippen molar-refractivity contribution in [1.29, 1.82) is 0 Å². The van der Waals surface area contributed by atoms with Gasteiger partial charge in [-0.3, -0.25) is 4.98 Å². The number of rotatable bonds is 5. The van der Waals surface area contributed by atoms with Crippen LogP contribution in [0, 0.1) is 0 Å². The number of aromatic carboxylic acids is 1. The van der Waals surface area contributed by atoms with Gasteiger partial charge in [0.15, 0.2) is 0 Å². The molecule has 94 valence electrons. The van der Waals surface area contributed by atoms with Crippen molar-refractivity contribution in [3.63, 3.8) is 0 Å². The number of hydrogen-bond donors (Lipinski definition) is 1. The van der Waals surface area contributed by atoms with E-state index in [0.29, 0.717) is 12.4 Å². The number of pyridine rings is 1. The highest BCUT2D eigenvalue weighted by atomic mass is 32.2. The lowest BCUT2D eigenvalue weighted by Crippen LogP contribution is -2.02. The molecule has 0 aliphatic carbocycles. The van der Waals surface area contributed by atoms with E-state index in [2.05, 4.69) is 4.98 Å². The van der Waals surface area contributed by atoms with Crippen molar-refractivity contribution in [2.24, 2.45) is 0 Å². The minimum atomic E-state index is -0.951. The minimum absolute atomic E-state index is 0.245. The maximum atomic E-state index is 11.2. The van der Waals surface area contributed by atoms with Gasteiger partial charge < -0.3 is 9.84 Å². The molecule has 2 aromatic rings. The van der Waals surface area contributed by atoms with Crippen LogP contribution in [0.2, 0.25) is 0 Å². The molecule has 1 heterocycles. The predicted molar refractivity (Wildman–Crippen MR) is 71.3 cm³/mol. The molecule has 1 aromatic carbocycles. The summed E-state index contributed by atoms with van der Waals surface area (Å²) in [6.07, 6.45) is 1.42. The largest absolute Gasteiger partial charge is 0.478 e. The van der Waals surface area contributed by atoms with Crippen LogP contribution in [0.15, 0.2) is 35.4 Å². The van der Waals surface area contributed by atoms with Crippen LogP contribution in [0.1, 0.15) is 10.4 Å². The Hall–Kier alpha value is -1.59. The van der Waals surface area contributed by atoms with Crippen molar-refractivity contribution in [2.45, 2.75) is 4.90 Å². The Morgan fingerprint density at radius 2 is 2.22 bits per heavy atom. The fourth-order valence-corrected chi connectivity index (χ4v) is 2.73. The first-order chi connectivity index (χ1) is 8.74. The summed E-state index contributed by atoms with van der Waals surface area (Å²) in [5, 5.41) is 10.1. The van der Waals surface area contributed by atoms with E-state index in [4.69, 9.17) is 4.74 Å². The van der Waals surface area contributed by atoms with Crippen molar-refractivity contribution >= 4 is 28.6 Å². The van der Waals surface area contributed by atoms with Crippen LogP contribution in [0.5, 0.6) is 0 Å². The zero-order valence-electron chi connectivity index (χ0n) is 9.92. The van der Waals surface area contributed by atoms with Crippen LogP contribution in [0.4, 0.5) is 0 Å². The van der Waals surface area contributed by atoms with Gasteiger partial charge in [0.2, 0.25) is 0 Å². The van der Waals surface area contributed by atoms with Crippen molar-refractivity contribution in [1.82, 2.24) is 4.98 Å². The van der Waals surface area contributed by atoms with Gasteiger partial charge in [0.05, 0.1) is 17.7 Å². The van der Waals surface area contributed by atoms with Gasteiger partial charge in [0, 0.05) is 29.3 Å². The van der Waals surface area contributed by atoms with Gasteiger partial charge in [-0.2, -0.15) is 0 Å². The number of methoxy groups -OCH3 is 1. The number of nitrogens with zero attached hydrogens (tertiary/aromatic N) is 1. The number of fused-ring (bicyclic) bond motifs is 1. The van der Waals surface area contributed by atoms with Crippen LogP contribution in [0.25, 0.3) is 10.9 Å². The Morgan fingerprint density at radius 3 is 2.94 bits per heavy atom. The first-order valence-electron chi connectivity index (χ1n) is 5.47. The number of aromatic nitrogens is 1. The van der Waals surface area contributed by atoms with E-state index in [1.54, 1.807) is 7.11 Å². The first-order valence-corrected chi connectivity index (χ1v) is 6.45. The second-order valence-electron chi connectivity index (χ2n) is 3.66. The molecule has 18 heavy (non-hydrogen) atoms. The summed E-state index contributed by atoms with van der Waals surface area (Å²) in [6.45, 7) is 0.584. The van der Waals surface area contributed by atoms with E-state index in [1.807, 2.05) is 24.3 Å². The third-order valence-corrected chi connectivity index (χ3v) is 3.59. The fraction of sp³-hybridized carbons (Fsp3) is 0.231. The van der Waals surface area contributed by atoms with E-state index in [9.17, 15) is 9.90 Å². The van der Waals surface area contributed by atoms with Gasteiger partial charge in [0.1, 0.15) is 0 Å². The highest BCUT2D eigenvalue weighted by Gasteiger charge is 2.14. The third kappa shape index (κ3) is 2.63. The zero-order valence-corrected chi connectivity index (χ0v) is 10.7. The number of para-hydroxylation sites is 1. The molecule has 0 atom stereocenters. The molecule has 0 saturated heterocycles. The van der Waals surface area contributed by atoms with Gasteiger partial charge in [-0.25, -0.2) is 4.79 Å². The zero-order chi connectivity index (χ0) is 13.0. The maximum absolute atomic E-state index is 11.2. The summed E-state index contributed by atoms with van der Waals surface area (Å²) < 4.78 is 4.99. The van der Waals surface area contributed by atoms with Crippen LogP contribution < -0.4 is 0 Å². The van der Waals surface area contributed by atoms with Gasteiger partial charge >= 0.3 is 5.97 Å². The average Bonchev–Trinajstić information content (AvgIpc) is 2.38. The van der Waals surface area contributed by atoms with Crippen LogP contribution >= 0.6 is 11.8 Å². The molecule has 0 aliphatic heterocycles. The highest BCUT2D eigenvalue weighted by Crippen LogP contribution is 2.30. The lowest BCUT2D eigenvalue weighted by molar-refractivity contribution is 0.0693. The molecule has 4 nitrogen and oxygen atoms in total. The summed E-state index contributed by atoms with van der Waals surface area (Å²) in [6, 6.07) is 7.54. The Balaban J connectivity index is 2.48. The molecule has 0 radical (unpaired) electrons. The second-order valence-corrected chi connectivity index (χ2v) is 4.77. The molecule has 0 spiro atoms. The number of benzene rings is 1. The Labute approximate surface area is 109 Å². The van der Waals surface area contributed by atoms with E-state index in [1.165, 1.54) is 18.0 Å². The molecule has 1 N–H and O–H groups in total. The monoisotopic (exact) mass is 263 g/mol. The Kier molecular flexibility index (Phi) is 4.17. The second kappa shape index (κ2) is 5.84. The SMILES string of the molecule is COCCSc1c(C(=O)O)cnc2ccccc12. The maximum Gasteiger partial charge on any atom is 0.338 e. The molecule has 0 fully saturated rings. The normalized spacial score (nSPS) is 10.7. The summed E-state index contributed by atoms with van der Waals surface area (Å²) in [4.78, 5) is 16.1. The van der Waals surface area contributed by atoms with Gasteiger partial charge in [-0.05, 0) is 6.07 Å². The number of thioether (sulfide) groups is 1. The number of carboxylic acids is 1. The predicted octanol–water partition coefficient (Wildman–Crippen LogP) is 2.67. The van der Waals surface area contributed by atoms with Crippen LogP contribution in [-0.2, 0) is 4.74 Å². The smallest absolute Gasteiger partial charge is 0.338 e. The number of ether oxygens (including phenoxy) is 1. The molecule has 0 amide bonds. The Morgan fingerprint density at radius 1 is 1.44 bits per heavy atom. The third-order valence-electron chi connectivity index (χ3n) is 2.49. The van der Waals surface area contributed by atoms with Crippen molar-refractivity contribution in [3.05, 3.63) is 36.0 Å². The molecular weight excluding hydrogens is 250 g/mol. The molecule has 0 saturated carbocycles. The minimum Gasteiger partial charge on any atom is -0.478 e. The summed E-state index contributed by atoms with van der Waals surface area (Å²) in [5.74, 6) is -0.238. The van der Waals surface area contributed by atoms with Crippen molar-refractivity contribution < 1.29 is 14.6 Å². The summed E-state index contributed by atoms with van der Waals surface area (Å²) >= 11 is 1.48. The summed E-state index contributed by atoms with van der Waals surface area (Å²) in [7, 11) is 1.63. The molecule has 0 aliphatic rings. The van der Waals surface area contributed by atoms with Gasteiger partial charge in [0.25, 0.3) is 0 Å². The van der Waals surface area contributed by atoms with E-state index in [-0.39, 0.29) is 5.56 Å². The number of carboxylic acid groups (broad SMARTS) is 1. The summed E-state index contributed by atoms with van der Waals surface area (Å²) in [5.41, 5.74) is 1.05. The first kappa shape index (κ1) is 12.9.